The lowest BCUT2D eigenvalue weighted by molar-refractivity contribution is 0.0525. The molecule has 0 unspecified atom stereocenters. The smallest absolute Gasteiger partial charge is 0.343 e. The van der Waals surface area contributed by atoms with E-state index >= 15 is 0 Å². The number of hydrogen-bond donors (Lipinski definition) is 3. The zero-order valence-corrected chi connectivity index (χ0v) is 16.3. The standard InChI is InChI=1S/C10H12N4O2.C8H10N4O.CH4/c1-3-16-10(15)8-6(2)13-7-4-5-12-14(7)9(8)11;1-5-6(4-13)8(9)12-7(11-5)2-3-10-12;/h4-5H,3,11H2,1-2H3;2-3,13H,4,9H2,1H3;1H4. The molecule has 0 aliphatic carbocycles. The number of nitrogen functional groups attached to an aromatic ring is 2. The van der Waals surface area contributed by atoms with Crippen LogP contribution in [0.2, 0.25) is 0 Å². The Morgan fingerprint density at radius 3 is 2.10 bits per heavy atom. The Morgan fingerprint density at radius 1 is 1.03 bits per heavy atom. The Balaban J connectivity index is 0.000000211. The first-order chi connectivity index (χ1) is 13.9. The number of hydrogen-bond acceptors (Lipinski definition) is 9. The molecule has 4 aromatic rings. The largest absolute Gasteiger partial charge is 0.462 e. The van der Waals surface area contributed by atoms with E-state index in [-0.39, 0.29) is 25.4 Å². The monoisotopic (exact) mass is 414 g/mol. The molecule has 0 atom stereocenters. The predicted molar refractivity (Wildman–Crippen MR) is 113 cm³/mol. The highest BCUT2D eigenvalue weighted by Crippen LogP contribution is 2.18. The zero-order valence-electron chi connectivity index (χ0n) is 16.3. The summed E-state index contributed by atoms with van der Waals surface area (Å²) in [5, 5.41) is 17.0. The minimum Gasteiger partial charge on any atom is -0.462 e. The van der Waals surface area contributed by atoms with E-state index in [2.05, 4.69) is 20.2 Å². The van der Waals surface area contributed by atoms with Gasteiger partial charge >= 0.3 is 5.97 Å². The molecule has 30 heavy (non-hydrogen) atoms. The van der Waals surface area contributed by atoms with Gasteiger partial charge in [0.05, 0.1) is 31.3 Å². The Kier molecular flexibility index (Phi) is 6.90. The van der Waals surface area contributed by atoms with Gasteiger partial charge in [-0.1, -0.05) is 7.43 Å². The quantitative estimate of drug-likeness (QED) is 0.423. The number of esters is 1. The SMILES string of the molecule is C.CCOC(=O)c1c(C)nc2ccnn2c1N.Cc1nc2ccnn2c(N)c1CO. The van der Waals surface area contributed by atoms with Crippen molar-refractivity contribution < 1.29 is 14.6 Å². The first-order valence-corrected chi connectivity index (χ1v) is 8.85. The highest BCUT2D eigenvalue weighted by atomic mass is 16.5. The van der Waals surface area contributed by atoms with Crippen molar-refractivity contribution in [2.45, 2.75) is 34.8 Å². The Hall–Kier alpha value is -3.73. The second-order valence-electron chi connectivity index (χ2n) is 6.10. The number of aliphatic hydroxyl groups is 1. The number of ether oxygens (including phenoxy) is 1. The summed E-state index contributed by atoms with van der Waals surface area (Å²) in [5.41, 5.74) is 15.1. The second-order valence-corrected chi connectivity index (χ2v) is 6.10. The van der Waals surface area contributed by atoms with Crippen molar-refractivity contribution in [3.05, 3.63) is 47.0 Å². The molecule has 4 aromatic heterocycles. The molecule has 160 valence electrons. The fraction of sp³-hybridized carbons (Fsp3) is 0.316. The van der Waals surface area contributed by atoms with Crippen LogP contribution in [0.4, 0.5) is 11.6 Å². The van der Waals surface area contributed by atoms with E-state index in [1.54, 1.807) is 38.4 Å². The molecule has 11 heteroatoms. The minimum absolute atomic E-state index is 0. The van der Waals surface area contributed by atoms with Crippen molar-refractivity contribution in [3.8, 4) is 0 Å². The Labute approximate surface area is 173 Å². The van der Waals surface area contributed by atoms with E-state index in [0.29, 0.717) is 35.0 Å². The molecular weight excluding hydrogens is 388 g/mol. The summed E-state index contributed by atoms with van der Waals surface area (Å²) in [6, 6.07) is 3.49. The molecule has 5 N–H and O–H groups in total. The van der Waals surface area contributed by atoms with E-state index in [9.17, 15) is 4.79 Å². The fourth-order valence-corrected chi connectivity index (χ4v) is 2.86. The van der Waals surface area contributed by atoms with Crippen molar-refractivity contribution >= 4 is 28.9 Å². The van der Waals surface area contributed by atoms with E-state index in [1.165, 1.54) is 9.03 Å². The lowest BCUT2D eigenvalue weighted by Gasteiger charge is -2.09. The molecule has 0 spiro atoms. The van der Waals surface area contributed by atoms with Crippen molar-refractivity contribution in [2.24, 2.45) is 0 Å². The summed E-state index contributed by atoms with van der Waals surface area (Å²) in [6.07, 6.45) is 3.20. The van der Waals surface area contributed by atoms with Gasteiger partial charge in [-0.15, -0.1) is 0 Å². The highest BCUT2D eigenvalue weighted by molar-refractivity contribution is 5.95. The van der Waals surface area contributed by atoms with Crippen LogP contribution in [0.1, 0.15) is 41.7 Å². The van der Waals surface area contributed by atoms with Crippen LogP contribution in [0.25, 0.3) is 11.3 Å². The van der Waals surface area contributed by atoms with Gasteiger partial charge in [-0.05, 0) is 20.8 Å². The Bertz CT molecular complexity index is 1180. The lowest BCUT2D eigenvalue weighted by atomic mass is 10.2. The van der Waals surface area contributed by atoms with Gasteiger partial charge in [0, 0.05) is 23.4 Å². The van der Waals surface area contributed by atoms with Gasteiger partial charge in [0.2, 0.25) is 0 Å². The van der Waals surface area contributed by atoms with Gasteiger partial charge in [-0.2, -0.15) is 19.2 Å². The zero-order chi connectivity index (χ0) is 21.1. The molecule has 4 heterocycles. The summed E-state index contributed by atoms with van der Waals surface area (Å²) in [4.78, 5) is 20.1. The third kappa shape index (κ3) is 4.01. The lowest BCUT2D eigenvalue weighted by Crippen LogP contribution is -2.15. The minimum atomic E-state index is -0.470. The number of nitrogens with zero attached hydrogens (tertiary/aromatic N) is 6. The molecule has 0 aliphatic heterocycles. The van der Waals surface area contributed by atoms with Crippen molar-refractivity contribution in [1.29, 1.82) is 0 Å². The summed E-state index contributed by atoms with van der Waals surface area (Å²) < 4.78 is 7.84. The van der Waals surface area contributed by atoms with E-state index in [4.69, 9.17) is 21.3 Å². The van der Waals surface area contributed by atoms with E-state index in [0.717, 1.165) is 5.69 Å². The van der Waals surface area contributed by atoms with Crippen molar-refractivity contribution in [2.75, 3.05) is 18.1 Å². The maximum Gasteiger partial charge on any atom is 0.343 e. The number of anilines is 2. The van der Waals surface area contributed by atoms with Crippen LogP contribution in [0.5, 0.6) is 0 Å². The van der Waals surface area contributed by atoms with Gasteiger partial charge in [0.15, 0.2) is 11.3 Å². The Morgan fingerprint density at radius 2 is 1.57 bits per heavy atom. The molecule has 0 radical (unpaired) electrons. The summed E-state index contributed by atoms with van der Waals surface area (Å²) in [6.45, 7) is 5.46. The van der Waals surface area contributed by atoms with Gasteiger partial charge in [-0.3, -0.25) is 0 Å². The van der Waals surface area contributed by atoms with Gasteiger partial charge in [0.25, 0.3) is 0 Å². The van der Waals surface area contributed by atoms with Crippen LogP contribution < -0.4 is 11.5 Å². The van der Waals surface area contributed by atoms with Crippen molar-refractivity contribution in [3.63, 3.8) is 0 Å². The molecule has 11 nitrogen and oxygen atoms in total. The highest BCUT2D eigenvalue weighted by Gasteiger charge is 2.18. The third-order valence-corrected chi connectivity index (χ3v) is 4.27. The third-order valence-electron chi connectivity index (χ3n) is 4.27. The molecular formula is C19H26N8O3. The summed E-state index contributed by atoms with van der Waals surface area (Å²) >= 11 is 0. The van der Waals surface area contributed by atoms with Gasteiger partial charge < -0.3 is 21.3 Å². The number of carbonyl (C=O) groups excluding carboxylic acids is 1. The topological polar surface area (TPSA) is 159 Å². The van der Waals surface area contributed by atoms with E-state index in [1.807, 2.05) is 6.92 Å². The summed E-state index contributed by atoms with van der Waals surface area (Å²) in [5.74, 6) is 0.239. The van der Waals surface area contributed by atoms with E-state index < -0.39 is 5.97 Å². The number of rotatable bonds is 3. The number of aryl methyl sites for hydroxylation is 2. The maximum atomic E-state index is 11.7. The molecule has 4 rings (SSSR count). The van der Waals surface area contributed by atoms with Crippen LogP contribution in [-0.4, -0.2) is 46.9 Å². The number of aromatic nitrogens is 6. The van der Waals surface area contributed by atoms with Gasteiger partial charge in [-0.25, -0.2) is 14.8 Å². The number of fused-ring (bicyclic) bond motifs is 2. The molecule has 0 aliphatic rings. The molecule has 0 saturated carbocycles. The normalized spacial score (nSPS) is 10.4. The number of aliphatic hydroxyl groups excluding tert-OH is 1. The van der Waals surface area contributed by atoms with Crippen molar-refractivity contribution in [1.82, 2.24) is 29.2 Å². The van der Waals surface area contributed by atoms with Gasteiger partial charge in [0.1, 0.15) is 17.2 Å². The maximum absolute atomic E-state index is 11.7. The van der Waals surface area contributed by atoms with Crippen LogP contribution in [-0.2, 0) is 11.3 Å². The van der Waals surface area contributed by atoms with Crippen LogP contribution >= 0.6 is 0 Å². The second kappa shape index (κ2) is 9.18. The molecule has 0 bridgehead atoms. The van der Waals surface area contributed by atoms with Crippen LogP contribution in [0.3, 0.4) is 0 Å². The number of nitrogens with two attached hydrogens (primary N) is 2. The first-order valence-electron chi connectivity index (χ1n) is 8.85. The van der Waals surface area contributed by atoms with Crippen LogP contribution in [0.15, 0.2) is 24.5 Å². The first kappa shape index (κ1) is 22.6. The molecule has 0 fully saturated rings. The van der Waals surface area contributed by atoms with Crippen LogP contribution in [0, 0.1) is 13.8 Å². The summed E-state index contributed by atoms with van der Waals surface area (Å²) in [7, 11) is 0. The fourth-order valence-electron chi connectivity index (χ4n) is 2.86. The average molecular weight is 414 g/mol. The molecule has 0 amide bonds. The average Bonchev–Trinajstić information content (AvgIpc) is 3.32. The molecule has 0 saturated heterocycles. The number of carbonyl (C=O) groups is 1. The predicted octanol–water partition coefficient (Wildman–Crippen LogP) is 1.54. The molecule has 0 aromatic carbocycles.